The molecular formula is C16H19N3S. The minimum absolute atomic E-state index is 0.561. The van der Waals surface area contributed by atoms with Gasteiger partial charge in [-0.15, -0.1) is 0 Å². The smallest absolute Gasteiger partial charge is 0.177 e. The van der Waals surface area contributed by atoms with Gasteiger partial charge in [-0.05, 0) is 61.3 Å². The molecule has 1 saturated carbocycles. The second kappa shape index (κ2) is 5.24. The minimum atomic E-state index is 0.561. The number of amidine groups is 1. The summed E-state index contributed by atoms with van der Waals surface area (Å²) in [5, 5.41) is 5.52. The number of hydrazone groups is 1. The van der Waals surface area contributed by atoms with Crippen LogP contribution in [0.4, 0.5) is 0 Å². The second-order valence-electron chi connectivity index (χ2n) is 5.81. The van der Waals surface area contributed by atoms with Crippen LogP contribution >= 0.6 is 11.8 Å². The van der Waals surface area contributed by atoms with E-state index in [1.807, 2.05) is 0 Å². The van der Waals surface area contributed by atoms with Crippen molar-refractivity contribution in [3.05, 3.63) is 34.9 Å². The van der Waals surface area contributed by atoms with E-state index in [9.17, 15) is 0 Å². The van der Waals surface area contributed by atoms with E-state index in [2.05, 4.69) is 33.7 Å². The van der Waals surface area contributed by atoms with Crippen molar-refractivity contribution in [1.29, 1.82) is 0 Å². The third kappa shape index (κ3) is 2.62. The molecule has 4 rings (SSSR count). The summed E-state index contributed by atoms with van der Waals surface area (Å²) >= 11 is 1.78. The number of rotatable bonds is 2. The first kappa shape index (κ1) is 12.5. The molecule has 3 aliphatic rings. The maximum atomic E-state index is 4.61. The molecule has 2 aliphatic carbocycles. The highest BCUT2D eigenvalue weighted by Crippen LogP contribution is 2.26. The highest BCUT2D eigenvalue weighted by Gasteiger charge is 2.23. The Morgan fingerprint density at radius 1 is 1.15 bits per heavy atom. The lowest BCUT2D eigenvalue weighted by Crippen LogP contribution is -2.26. The van der Waals surface area contributed by atoms with Crippen molar-refractivity contribution in [1.82, 2.24) is 5.43 Å². The number of thioether (sulfide) groups is 1. The molecule has 0 saturated heterocycles. The minimum Gasteiger partial charge on any atom is -0.258 e. The van der Waals surface area contributed by atoms with Crippen molar-refractivity contribution in [2.75, 3.05) is 5.75 Å². The molecule has 1 aromatic carbocycles. The Kier molecular flexibility index (Phi) is 3.26. The molecule has 0 bridgehead atoms. The van der Waals surface area contributed by atoms with Crippen LogP contribution in [0.2, 0.25) is 0 Å². The van der Waals surface area contributed by atoms with E-state index in [4.69, 9.17) is 0 Å². The van der Waals surface area contributed by atoms with Gasteiger partial charge in [0.15, 0.2) is 5.17 Å². The zero-order valence-corrected chi connectivity index (χ0v) is 12.4. The number of hydrogen-bond acceptors (Lipinski definition) is 3. The van der Waals surface area contributed by atoms with Crippen LogP contribution in [0.25, 0.3) is 0 Å². The van der Waals surface area contributed by atoms with Gasteiger partial charge in [-0.25, -0.2) is 0 Å². The predicted molar refractivity (Wildman–Crippen MR) is 85.7 cm³/mol. The fourth-order valence-electron chi connectivity index (χ4n) is 2.81. The number of hydrogen-bond donors (Lipinski definition) is 1. The lowest BCUT2D eigenvalue weighted by molar-refractivity contribution is 0.685. The van der Waals surface area contributed by atoms with E-state index >= 15 is 0 Å². The number of aryl methyl sites for hydroxylation is 2. The van der Waals surface area contributed by atoms with Crippen LogP contribution in [-0.2, 0) is 12.8 Å². The fourth-order valence-corrected chi connectivity index (χ4v) is 3.65. The van der Waals surface area contributed by atoms with Crippen LogP contribution in [0.3, 0.4) is 0 Å². The largest absolute Gasteiger partial charge is 0.258 e. The number of aliphatic imine (C=N–C) groups is 1. The van der Waals surface area contributed by atoms with Gasteiger partial charge in [0.05, 0.1) is 11.8 Å². The Bertz CT molecular complexity index is 587. The van der Waals surface area contributed by atoms with E-state index < -0.39 is 0 Å². The maximum absolute atomic E-state index is 4.61. The lowest BCUT2D eigenvalue weighted by atomic mass is 9.90. The quantitative estimate of drug-likeness (QED) is 0.906. The van der Waals surface area contributed by atoms with Gasteiger partial charge >= 0.3 is 0 Å². The molecule has 1 aromatic rings. The first-order valence-corrected chi connectivity index (χ1v) is 8.52. The molecule has 4 heteroatoms. The van der Waals surface area contributed by atoms with Crippen LogP contribution in [-0.4, -0.2) is 22.7 Å². The van der Waals surface area contributed by atoms with E-state index in [0.717, 1.165) is 16.6 Å². The van der Waals surface area contributed by atoms with Crippen molar-refractivity contribution >= 4 is 22.6 Å². The van der Waals surface area contributed by atoms with E-state index in [0.29, 0.717) is 6.04 Å². The third-order valence-electron chi connectivity index (χ3n) is 4.16. The standard InChI is InChI=1S/C16H19N3S/c1-2-4-12-9-13(6-5-11(12)3-1)15-10-20-16(19-18-15)17-14-7-8-14/h5-6,9,14H,1-4,7-8,10H2,(H,17,19). The SMILES string of the molecule is c1cc2c(cc1C1=NNC(=NC3CC3)SC1)CCCC2. The van der Waals surface area contributed by atoms with Crippen LogP contribution in [0.5, 0.6) is 0 Å². The molecule has 20 heavy (non-hydrogen) atoms. The second-order valence-corrected chi connectivity index (χ2v) is 6.78. The van der Waals surface area contributed by atoms with Gasteiger partial charge in [0.1, 0.15) is 0 Å². The van der Waals surface area contributed by atoms with Crippen molar-refractivity contribution in [3.63, 3.8) is 0 Å². The molecule has 104 valence electrons. The zero-order valence-electron chi connectivity index (χ0n) is 11.6. The molecule has 1 fully saturated rings. The summed E-state index contributed by atoms with van der Waals surface area (Å²) in [5.41, 5.74) is 8.61. The molecule has 0 radical (unpaired) electrons. The zero-order chi connectivity index (χ0) is 13.4. The van der Waals surface area contributed by atoms with Gasteiger partial charge in [-0.1, -0.05) is 23.9 Å². The normalized spacial score (nSPS) is 24.0. The third-order valence-corrected chi connectivity index (χ3v) is 5.05. The van der Waals surface area contributed by atoms with E-state index in [1.165, 1.54) is 55.2 Å². The van der Waals surface area contributed by atoms with E-state index in [-0.39, 0.29) is 0 Å². The molecule has 0 spiro atoms. The van der Waals surface area contributed by atoms with Crippen LogP contribution in [0.1, 0.15) is 42.4 Å². The molecule has 0 amide bonds. The summed E-state index contributed by atoms with van der Waals surface area (Å²) in [6.07, 6.45) is 7.62. The number of benzene rings is 1. The molecule has 1 N–H and O–H groups in total. The van der Waals surface area contributed by atoms with Gasteiger partial charge in [0.2, 0.25) is 0 Å². The number of nitrogens with zero attached hydrogens (tertiary/aromatic N) is 2. The highest BCUT2D eigenvalue weighted by atomic mass is 32.2. The maximum Gasteiger partial charge on any atom is 0.177 e. The summed E-state index contributed by atoms with van der Waals surface area (Å²) < 4.78 is 0. The Hall–Kier alpha value is -1.29. The molecule has 1 aliphatic heterocycles. The molecular weight excluding hydrogens is 266 g/mol. The van der Waals surface area contributed by atoms with Gasteiger partial charge < -0.3 is 0 Å². The average Bonchev–Trinajstić information content (AvgIpc) is 3.32. The molecule has 0 aromatic heterocycles. The first-order valence-electron chi connectivity index (χ1n) is 7.54. The summed E-state index contributed by atoms with van der Waals surface area (Å²) in [4.78, 5) is 4.61. The van der Waals surface area contributed by atoms with Crippen molar-refractivity contribution in [3.8, 4) is 0 Å². The molecule has 0 unspecified atom stereocenters. The van der Waals surface area contributed by atoms with Crippen molar-refractivity contribution in [2.45, 2.75) is 44.6 Å². The van der Waals surface area contributed by atoms with E-state index in [1.54, 1.807) is 11.8 Å². The van der Waals surface area contributed by atoms with Gasteiger partial charge in [-0.3, -0.25) is 10.4 Å². The topological polar surface area (TPSA) is 36.8 Å². The van der Waals surface area contributed by atoms with Crippen molar-refractivity contribution < 1.29 is 0 Å². The van der Waals surface area contributed by atoms with Crippen LogP contribution < -0.4 is 5.43 Å². The lowest BCUT2D eigenvalue weighted by Gasteiger charge is -2.19. The van der Waals surface area contributed by atoms with Gasteiger partial charge in [0, 0.05) is 5.75 Å². The average molecular weight is 285 g/mol. The summed E-state index contributed by atoms with van der Waals surface area (Å²) in [5.74, 6) is 0.928. The molecule has 1 heterocycles. The highest BCUT2D eigenvalue weighted by molar-refractivity contribution is 8.14. The summed E-state index contributed by atoms with van der Waals surface area (Å²) in [6.45, 7) is 0. The van der Waals surface area contributed by atoms with Gasteiger partial charge in [-0.2, -0.15) is 5.10 Å². The Morgan fingerprint density at radius 2 is 2.00 bits per heavy atom. The van der Waals surface area contributed by atoms with Crippen LogP contribution in [0, 0.1) is 0 Å². The fraction of sp³-hybridized carbons (Fsp3) is 0.500. The number of nitrogens with one attached hydrogen (secondary N) is 1. The molecule has 3 nitrogen and oxygen atoms in total. The number of fused-ring (bicyclic) bond motifs is 1. The van der Waals surface area contributed by atoms with Crippen molar-refractivity contribution in [2.24, 2.45) is 10.1 Å². The molecule has 0 atom stereocenters. The summed E-state index contributed by atoms with van der Waals surface area (Å²) in [7, 11) is 0. The monoisotopic (exact) mass is 285 g/mol. The Labute approximate surface area is 123 Å². The Balaban J connectivity index is 1.54. The summed E-state index contributed by atoms with van der Waals surface area (Å²) in [6, 6.07) is 7.43. The van der Waals surface area contributed by atoms with Gasteiger partial charge in [0.25, 0.3) is 0 Å². The van der Waals surface area contributed by atoms with Crippen LogP contribution in [0.15, 0.2) is 28.3 Å². The first-order chi connectivity index (χ1) is 9.88. The Morgan fingerprint density at radius 3 is 2.75 bits per heavy atom. The predicted octanol–water partition coefficient (Wildman–Crippen LogP) is 3.12.